The standard InChI is InChI=1S/C19H26N6O5S.C2HF3O2/c1-12-10-15(14(17(20)26)8-9-30-24-19(21)22-2)16(18(27)23-12)25-31(28,29)11-13-6-4-3-5-7-13;3-2(4,5)1(6)7/h3-7,10,14,25H,8-9,11H2,1-2H3,(H2,20,26)(H,23,27)(H3,21,22,24);(H,6,7). The number of carboxylic acid groups (broad SMARTS) is 1. The number of hydroxylamine groups is 1. The molecule has 2 rings (SSSR count). The molecule has 17 heteroatoms. The summed E-state index contributed by atoms with van der Waals surface area (Å²) in [6.45, 7) is 1.60. The van der Waals surface area contributed by atoms with Gasteiger partial charge in [0.2, 0.25) is 21.9 Å². The molecule has 1 aromatic carbocycles. The van der Waals surface area contributed by atoms with Crippen LogP contribution in [0.1, 0.15) is 29.2 Å². The van der Waals surface area contributed by atoms with Gasteiger partial charge in [0, 0.05) is 12.7 Å². The zero-order chi connectivity index (χ0) is 29.1. The number of hydrogen-bond donors (Lipinski definition) is 6. The van der Waals surface area contributed by atoms with Crippen molar-refractivity contribution in [2.75, 3.05) is 18.4 Å². The molecule has 38 heavy (non-hydrogen) atoms. The van der Waals surface area contributed by atoms with Crippen molar-refractivity contribution in [1.82, 2.24) is 10.5 Å². The summed E-state index contributed by atoms with van der Waals surface area (Å²) in [4.78, 5) is 44.9. The Balaban J connectivity index is 0.000000905. The second-order valence-electron chi connectivity index (χ2n) is 7.56. The number of halogens is 3. The molecule has 0 bridgehead atoms. The number of pyridine rings is 1. The Hall–Kier alpha value is -4.12. The maximum absolute atomic E-state index is 12.7. The maximum atomic E-state index is 12.7. The van der Waals surface area contributed by atoms with Crippen LogP contribution in [0.15, 0.2) is 46.2 Å². The predicted octanol–water partition coefficient (Wildman–Crippen LogP) is 0.683. The molecule has 0 radical (unpaired) electrons. The highest BCUT2D eigenvalue weighted by atomic mass is 32.2. The van der Waals surface area contributed by atoms with E-state index in [0.717, 1.165) is 0 Å². The van der Waals surface area contributed by atoms with Crippen LogP contribution < -0.4 is 27.2 Å². The Bertz CT molecular complexity index is 1300. The third-order valence-electron chi connectivity index (χ3n) is 4.54. The van der Waals surface area contributed by atoms with Gasteiger partial charge in [0.25, 0.3) is 5.56 Å². The number of anilines is 1. The molecule has 0 saturated carbocycles. The fourth-order valence-corrected chi connectivity index (χ4v) is 4.10. The van der Waals surface area contributed by atoms with E-state index in [1.54, 1.807) is 37.3 Å². The number of sulfonamides is 1. The van der Waals surface area contributed by atoms with E-state index in [4.69, 9.17) is 26.2 Å². The number of aryl methyl sites for hydroxylation is 1. The minimum atomic E-state index is -5.08. The average molecular weight is 565 g/mol. The number of guanidine groups is 1. The highest BCUT2D eigenvalue weighted by Gasteiger charge is 2.38. The first-order valence-electron chi connectivity index (χ1n) is 10.5. The lowest BCUT2D eigenvalue weighted by Crippen LogP contribution is -2.33. The zero-order valence-corrected chi connectivity index (χ0v) is 21.0. The number of amides is 1. The molecular formula is C21H27F3N6O7S. The number of benzene rings is 1. The lowest BCUT2D eigenvalue weighted by Gasteiger charge is -2.19. The summed E-state index contributed by atoms with van der Waals surface area (Å²) in [5.74, 6) is -4.79. The van der Waals surface area contributed by atoms with Gasteiger partial charge in [-0.25, -0.2) is 18.7 Å². The minimum absolute atomic E-state index is 0.00806. The molecule has 1 aromatic heterocycles. The number of aliphatic carboxylic acids is 1. The Morgan fingerprint density at radius 2 is 1.79 bits per heavy atom. The average Bonchev–Trinajstić information content (AvgIpc) is 2.80. The topological polar surface area (TPSA) is 219 Å². The molecular weight excluding hydrogens is 537 g/mol. The Kier molecular flexibility index (Phi) is 11.7. The van der Waals surface area contributed by atoms with Gasteiger partial charge in [-0.15, -0.1) is 0 Å². The van der Waals surface area contributed by atoms with Crippen LogP contribution in [0, 0.1) is 6.92 Å². The Morgan fingerprint density at radius 3 is 2.29 bits per heavy atom. The Morgan fingerprint density at radius 1 is 1.21 bits per heavy atom. The summed E-state index contributed by atoms with van der Waals surface area (Å²) in [5.41, 5.74) is 13.6. The molecule has 2 aromatic rings. The van der Waals surface area contributed by atoms with Gasteiger partial charge in [0.05, 0.1) is 18.3 Å². The molecule has 0 fully saturated rings. The number of nitrogens with two attached hydrogens (primary N) is 2. The largest absolute Gasteiger partial charge is 0.490 e. The third kappa shape index (κ3) is 10.9. The molecule has 8 N–H and O–H groups in total. The van der Waals surface area contributed by atoms with Crippen LogP contribution in [0.2, 0.25) is 0 Å². The fourth-order valence-electron chi connectivity index (χ4n) is 2.88. The smallest absolute Gasteiger partial charge is 0.475 e. The van der Waals surface area contributed by atoms with Crippen molar-refractivity contribution < 1.29 is 41.1 Å². The van der Waals surface area contributed by atoms with Crippen molar-refractivity contribution in [2.24, 2.45) is 16.5 Å². The van der Waals surface area contributed by atoms with E-state index in [0.29, 0.717) is 11.3 Å². The molecule has 13 nitrogen and oxygen atoms in total. The van der Waals surface area contributed by atoms with Crippen LogP contribution in [0.25, 0.3) is 0 Å². The molecule has 0 spiro atoms. The van der Waals surface area contributed by atoms with Crippen LogP contribution in [0.4, 0.5) is 18.9 Å². The van der Waals surface area contributed by atoms with Gasteiger partial charge in [0.1, 0.15) is 5.69 Å². The van der Waals surface area contributed by atoms with Crippen molar-refractivity contribution in [3.05, 3.63) is 63.6 Å². The van der Waals surface area contributed by atoms with Crippen molar-refractivity contribution in [3.63, 3.8) is 0 Å². The van der Waals surface area contributed by atoms with Crippen molar-refractivity contribution >= 4 is 33.5 Å². The summed E-state index contributed by atoms with van der Waals surface area (Å²) in [6, 6.07) is 10.0. The van der Waals surface area contributed by atoms with Crippen LogP contribution in [0.3, 0.4) is 0 Å². The van der Waals surface area contributed by atoms with Gasteiger partial charge in [-0.1, -0.05) is 30.3 Å². The summed E-state index contributed by atoms with van der Waals surface area (Å²) >= 11 is 0. The van der Waals surface area contributed by atoms with E-state index in [9.17, 15) is 31.2 Å². The summed E-state index contributed by atoms with van der Waals surface area (Å²) in [5, 5.41) is 7.12. The molecule has 210 valence electrons. The second kappa shape index (κ2) is 14.0. The number of H-pyrrole nitrogens is 1. The number of carbonyl (C=O) groups excluding carboxylic acids is 1. The monoisotopic (exact) mass is 564 g/mol. The number of aromatic nitrogens is 1. The van der Waals surface area contributed by atoms with Gasteiger partial charge in [-0.05, 0) is 30.5 Å². The summed E-state index contributed by atoms with van der Waals surface area (Å²) in [6.07, 6.45) is -5.02. The number of primary amides is 1. The molecule has 0 aliphatic carbocycles. The highest BCUT2D eigenvalue weighted by Crippen LogP contribution is 2.26. The molecule has 0 aliphatic heterocycles. The van der Waals surface area contributed by atoms with Crippen LogP contribution in [0.5, 0.6) is 0 Å². The number of nitrogens with zero attached hydrogens (tertiary/aromatic N) is 1. The van der Waals surface area contributed by atoms with Crippen molar-refractivity contribution in [2.45, 2.75) is 31.2 Å². The number of alkyl halides is 3. The Labute approximate surface area is 215 Å². The maximum Gasteiger partial charge on any atom is 0.490 e. The third-order valence-corrected chi connectivity index (χ3v) is 5.77. The summed E-state index contributed by atoms with van der Waals surface area (Å²) in [7, 11) is -2.48. The fraction of sp³-hybridized carbons (Fsp3) is 0.333. The lowest BCUT2D eigenvalue weighted by molar-refractivity contribution is -0.192. The first-order valence-corrected chi connectivity index (χ1v) is 12.2. The molecule has 1 amide bonds. The van der Waals surface area contributed by atoms with Gasteiger partial charge < -0.3 is 21.6 Å². The second-order valence-corrected chi connectivity index (χ2v) is 9.29. The van der Waals surface area contributed by atoms with Crippen molar-refractivity contribution in [1.29, 1.82) is 0 Å². The quantitative estimate of drug-likeness (QED) is 0.103. The lowest BCUT2D eigenvalue weighted by atomic mass is 9.94. The number of carbonyl (C=O) groups is 2. The molecule has 1 unspecified atom stereocenters. The van der Waals surface area contributed by atoms with E-state index in [1.807, 2.05) is 0 Å². The van der Waals surface area contributed by atoms with Crippen LogP contribution >= 0.6 is 0 Å². The predicted molar refractivity (Wildman–Crippen MR) is 131 cm³/mol. The van der Waals surface area contributed by atoms with Gasteiger partial charge in [-0.2, -0.15) is 13.2 Å². The number of carboxylic acids is 1. The first-order chi connectivity index (χ1) is 17.6. The number of rotatable bonds is 10. The normalized spacial score (nSPS) is 12.6. The van der Waals surface area contributed by atoms with Crippen LogP contribution in [-0.4, -0.2) is 56.2 Å². The SMILES string of the molecule is CN=C(N)NOCCC(C(N)=O)c1cc(C)[nH]c(=O)c1NS(=O)(=O)Cc1ccccc1.O=C(O)C(F)(F)F. The molecule has 1 heterocycles. The number of nitrogens with one attached hydrogen (secondary N) is 3. The number of aromatic amines is 1. The van der Waals surface area contributed by atoms with E-state index < -0.39 is 39.6 Å². The first kappa shape index (κ1) is 31.9. The summed E-state index contributed by atoms with van der Waals surface area (Å²) < 4.78 is 59.4. The zero-order valence-electron chi connectivity index (χ0n) is 20.2. The van der Waals surface area contributed by atoms with Crippen molar-refractivity contribution in [3.8, 4) is 0 Å². The van der Waals surface area contributed by atoms with Gasteiger partial charge in [0.15, 0.2) is 0 Å². The van der Waals surface area contributed by atoms with Gasteiger partial charge >= 0.3 is 12.1 Å². The van der Waals surface area contributed by atoms with E-state index >= 15 is 0 Å². The molecule has 0 saturated heterocycles. The number of aliphatic imine (C=N–C) groups is 1. The van der Waals surface area contributed by atoms with E-state index in [2.05, 4.69) is 20.2 Å². The van der Waals surface area contributed by atoms with Gasteiger partial charge in [-0.3, -0.25) is 24.1 Å². The molecule has 1 atom stereocenters. The number of hydrogen-bond acceptors (Lipinski definition) is 7. The highest BCUT2D eigenvalue weighted by molar-refractivity contribution is 7.91. The molecule has 0 aliphatic rings. The minimum Gasteiger partial charge on any atom is -0.475 e. The van der Waals surface area contributed by atoms with E-state index in [1.165, 1.54) is 13.1 Å². The van der Waals surface area contributed by atoms with E-state index in [-0.39, 0.29) is 36.0 Å². The van der Waals surface area contributed by atoms with Crippen LogP contribution in [-0.2, 0) is 30.2 Å².